The molecule has 1 N–H and O–H groups in total. The van der Waals surface area contributed by atoms with Crippen LogP contribution in [0.25, 0.3) is 11.3 Å². The van der Waals surface area contributed by atoms with Crippen LogP contribution in [0, 0.1) is 5.92 Å². The molecule has 4 rings (SSSR count). The average Bonchev–Trinajstić information content (AvgIpc) is 3.06. The van der Waals surface area contributed by atoms with Crippen LogP contribution in [0.15, 0.2) is 30.9 Å². The predicted molar refractivity (Wildman–Crippen MR) is 89.2 cm³/mol. The maximum atomic E-state index is 5.32. The van der Waals surface area contributed by atoms with Gasteiger partial charge in [-0.05, 0) is 30.9 Å². The first kappa shape index (κ1) is 14.6. The minimum atomic E-state index is 0.557. The first-order valence-electron chi connectivity index (χ1n) is 8.48. The Kier molecular flexibility index (Phi) is 4.20. The van der Waals surface area contributed by atoms with Crippen molar-refractivity contribution in [2.45, 2.75) is 38.1 Å². The second kappa shape index (κ2) is 6.62. The molecule has 0 amide bonds. The highest BCUT2D eigenvalue weighted by Gasteiger charge is 2.22. The van der Waals surface area contributed by atoms with Crippen molar-refractivity contribution in [1.82, 2.24) is 15.0 Å². The summed E-state index contributed by atoms with van der Waals surface area (Å²) in [4.78, 5) is 13.1. The molecule has 120 valence electrons. The standard InChI is InChI=1S/C18H22N4O/c1-2-4-16(3-1)21-18-14(7-13-10-23-11-13)5-6-17(22-18)15-8-19-12-20-9-15/h5-6,8-9,12-13,16H,1-4,7,10-11H2,(H,21,22). The first-order chi connectivity index (χ1) is 11.4. The molecule has 1 aliphatic heterocycles. The molecule has 0 bridgehead atoms. The summed E-state index contributed by atoms with van der Waals surface area (Å²) in [5.74, 6) is 1.66. The van der Waals surface area contributed by atoms with Gasteiger partial charge in [0, 0.05) is 29.9 Å². The van der Waals surface area contributed by atoms with Crippen LogP contribution >= 0.6 is 0 Å². The van der Waals surface area contributed by atoms with Crippen LogP contribution in [0.2, 0.25) is 0 Å². The van der Waals surface area contributed by atoms with Crippen LogP contribution in [0.1, 0.15) is 31.2 Å². The second-order valence-corrected chi connectivity index (χ2v) is 6.56. The van der Waals surface area contributed by atoms with Gasteiger partial charge in [-0.3, -0.25) is 0 Å². The van der Waals surface area contributed by atoms with Crippen LogP contribution in [-0.4, -0.2) is 34.2 Å². The average molecular weight is 310 g/mol. The molecular weight excluding hydrogens is 288 g/mol. The van der Waals surface area contributed by atoms with Crippen molar-refractivity contribution in [3.63, 3.8) is 0 Å². The van der Waals surface area contributed by atoms with Gasteiger partial charge in [-0.15, -0.1) is 0 Å². The lowest BCUT2D eigenvalue weighted by molar-refractivity contribution is -0.0311. The number of aromatic nitrogens is 3. The maximum absolute atomic E-state index is 5.32. The van der Waals surface area contributed by atoms with Gasteiger partial charge in [0.15, 0.2) is 0 Å². The summed E-state index contributed by atoms with van der Waals surface area (Å²) in [5, 5.41) is 3.68. The van der Waals surface area contributed by atoms with E-state index in [-0.39, 0.29) is 0 Å². The van der Waals surface area contributed by atoms with E-state index in [0.29, 0.717) is 12.0 Å². The number of anilines is 1. The highest BCUT2D eigenvalue weighted by atomic mass is 16.5. The van der Waals surface area contributed by atoms with E-state index in [2.05, 4.69) is 27.4 Å². The summed E-state index contributed by atoms with van der Waals surface area (Å²) in [7, 11) is 0. The number of pyridine rings is 1. The van der Waals surface area contributed by atoms with Gasteiger partial charge in [0.2, 0.25) is 0 Å². The Labute approximate surface area is 136 Å². The number of nitrogens with zero attached hydrogens (tertiary/aromatic N) is 3. The van der Waals surface area contributed by atoms with Gasteiger partial charge in [0.1, 0.15) is 12.1 Å². The zero-order valence-corrected chi connectivity index (χ0v) is 13.2. The Morgan fingerprint density at radius 2 is 1.87 bits per heavy atom. The molecule has 2 aromatic heterocycles. The number of hydrogen-bond donors (Lipinski definition) is 1. The lowest BCUT2D eigenvalue weighted by atomic mass is 9.97. The van der Waals surface area contributed by atoms with E-state index in [9.17, 15) is 0 Å². The molecular formula is C18H22N4O. The van der Waals surface area contributed by atoms with E-state index >= 15 is 0 Å². The zero-order chi connectivity index (χ0) is 15.5. The highest BCUT2D eigenvalue weighted by Crippen LogP contribution is 2.28. The van der Waals surface area contributed by atoms with Crippen molar-refractivity contribution in [1.29, 1.82) is 0 Å². The normalized spacial score (nSPS) is 18.8. The smallest absolute Gasteiger partial charge is 0.130 e. The van der Waals surface area contributed by atoms with Gasteiger partial charge in [-0.1, -0.05) is 18.9 Å². The summed E-state index contributed by atoms with van der Waals surface area (Å²) in [6.07, 6.45) is 11.3. The molecule has 23 heavy (non-hydrogen) atoms. The number of nitrogens with one attached hydrogen (secondary N) is 1. The third-order valence-electron chi connectivity index (χ3n) is 4.75. The van der Waals surface area contributed by atoms with Crippen LogP contribution in [0.4, 0.5) is 5.82 Å². The quantitative estimate of drug-likeness (QED) is 0.919. The molecule has 1 saturated carbocycles. The molecule has 3 heterocycles. The first-order valence-corrected chi connectivity index (χ1v) is 8.48. The summed E-state index contributed by atoms with van der Waals surface area (Å²) < 4.78 is 5.32. The molecule has 2 aliphatic rings. The fourth-order valence-corrected chi connectivity index (χ4v) is 3.35. The van der Waals surface area contributed by atoms with Gasteiger partial charge in [0.25, 0.3) is 0 Å². The van der Waals surface area contributed by atoms with Gasteiger partial charge in [-0.2, -0.15) is 0 Å². The van der Waals surface area contributed by atoms with Crippen molar-refractivity contribution in [3.05, 3.63) is 36.4 Å². The Morgan fingerprint density at radius 3 is 2.57 bits per heavy atom. The third kappa shape index (κ3) is 3.34. The van der Waals surface area contributed by atoms with Crippen molar-refractivity contribution in [2.24, 2.45) is 5.92 Å². The molecule has 1 aliphatic carbocycles. The monoisotopic (exact) mass is 310 g/mol. The fraction of sp³-hybridized carbons (Fsp3) is 0.500. The van der Waals surface area contributed by atoms with Crippen molar-refractivity contribution < 1.29 is 4.74 Å². The fourth-order valence-electron chi connectivity index (χ4n) is 3.35. The van der Waals surface area contributed by atoms with E-state index in [0.717, 1.165) is 36.7 Å². The van der Waals surface area contributed by atoms with Gasteiger partial charge >= 0.3 is 0 Å². The summed E-state index contributed by atoms with van der Waals surface area (Å²) in [5.41, 5.74) is 3.19. The molecule has 0 spiro atoms. The summed E-state index contributed by atoms with van der Waals surface area (Å²) in [6.45, 7) is 1.74. The third-order valence-corrected chi connectivity index (χ3v) is 4.75. The van der Waals surface area contributed by atoms with Crippen LogP contribution < -0.4 is 5.32 Å². The molecule has 0 radical (unpaired) electrons. The summed E-state index contributed by atoms with van der Waals surface area (Å²) in [6, 6.07) is 4.83. The van der Waals surface area contributed by atoms with E-state index in [1.807, 2.05) is 12.4 Å². The molecule has 2 fully saturated rings. The van der Waals surface area contributed by atoms with Crippen LogP contribution in [0.3, 0.4) is 0 Å². The summed E-state index contributed by atoms with van der Waals surface area (Å²) >= 11 is 0. The zero-order valence-electron chi connectivity index (χ0n) is 13.2. The Bertz CT molecular complexity index is 651. The van der Waals surface area contributed by atoms with Crippen molar-refractivity contribution >= 4 is 5.82 Å². The molecule has 1 saturated heterocycles. The van der Waals surface area contributed by atoms with Crippen LogP contribution in [0.5, 0.6) is 0 Å². The van der Waals surface area contributed by atoms with Gasteiger partial charge in [0.05, 0.1) is 18.9 Å². The minimum absolute atomic E-state index is 0.557. The van der Waals surface area contributed by atoms with Gasteiger partial charge in [-0.25, -0.2) is 15.0 Å². The van der Waals surface area contributed by atoms with E-state index in [1.54, 1.807) is 6.33 Å². The Balaban J connectivity index is 1.62. The SMILES string of the molecule is c1ncc(-c2ccc(CC3COC3)c(NC3CCCC3)n2)cn1. The Hall–Kier alpha value is -2.01. The lowest BCUT2D eigenvalue weighted by Crippen LogP contribution is -2.30. The molecule has 0 atom stereocenters. The minimum Gasteiger partial charge on any atom is -0.381 e. The maximum Gasteiger partial charge on any atom is 0.130 e. The molecule has 5 nitrogen and oxygen atoms in total. The number of rotatable bonds is 5. The van der Waals surface area contributed by atoms with E-state index in [4.69, 9.17) is 9.72 Å². The van der Waals surface area contributed by atoms with E-state index < -0.39 is 0 Å². The predicted octanol–water partition coefficient (Wildman–Crippen LogP) is 3.08. The topological polar surface area (TPSA) is 59.9 Å². The highest BCUT2D eigenvalue weighted by molar-refractivity contribution is 5.61. The molecule has 0 aromatic carbocycles. The molecule has 5 heteroatoms. The largest absolute Gasteiger partial charge is 0.381 e. The van der Waals surface area contributed by atoms with Crippen molar-refractivity contribution in [3.8, 4) is 11.3 Å². The molecule has 2 aromatic rings. The molecule has 0 unspecified atom stereocenters. The van der Waals surface area contributed by atoms with Crippen LogP contribution in [-0.2, 0) is 11.2 Å². The van der Waals surface area contributed by atoms with Crippen molar-refractivity contribution in [2.75, 3.05) is 18.5 Å². The lowest BCUT2D eigenvalue weighted by Gasteiger charge is -2.27. The number of ether oxygens (including phenoxy) is 1. The second-order valence-electron chi connectivity index (χ2n) is 6.56. The number of hydrogen-bond acceptors (Lipinski definition) is 5. The Morgan fingerprint density at radius 1 is 1.09 bits per heavy atom. The van der Waals surface area contributed by atoms with Gasteiger partial charge < -0.3 is 10.1 Å². The van der Waals surface area contributed by atoms with E-state index in [1.165, 1.54) is 31.2 Å².